The predicted octanol–water partition coefficient (Wildman–Crippen LogP) is 4.22. The fourth-order valence-corrected chi connectivity index (χ4v) is 4.61. The Morgan fingerprint density at radius 2 is 1.97 bits per heavy atom. The lowest BCUT2D eigenvalue weighted by molar-refractivity contribution is 0.0932. The lowest BCUT2D eigenvalue weighted by Crippen LogP contribution is -2.43. The van der Waals surface area contributed by atoms with E-state index < -0.39 is 0 Å². The number of halogens is 1. The number of aromatic nitrogens is 1. The van der Waals surface area contributed by atoms with E-state index in [0.29, 0.717) is 17.1 Å². The summed E-state index contributed by atoms with van der Waals surface area (Å²) in [5, 5.41) is 7.27. The van der Waals surface area contributed by atoms with Crippen molar-refractivity contribution in [3.8, 4) is 11.5 Å². The summed E-state index contributed by atoms with van der Waals surface area (Å²) in [5.41, 5.74) is 1.20. The van der Waals surface area contributed by atoms with E-state index in [1.807, 2.05) is 0 Å². The normalized spacial score (nSPS) is 18.6. The van der Waals surface area contributed by atoms with Crippen LogP contribution in [0.15, 0.2) is 36.4 Å². The topological polar surface area (TPSA) is 72.5 Å². The summed E-state index contributed by atoms with van der Waals surface area (Å²) in [4.78, 5) is 17.4. The second kappa shape index (κ2) is 8.24. The summed E-state index contributed by atoms with van der Waals surface area (Å²) < 4.78 is 24.8. The van der Waals surface area contributed by atoms with Gasteiger partial charge in [-0.2, -0.15) is 0 Å². The Hall–Kier alpha value is -2.87. The zero-order valence-electron chi connectivity index (χ0n) is 16.2. The molecule has 0 aliphatic heterocycles. The molecule has 8 heteroatoms. The number of carbonyl (C=O) groups is 1. The van der Waals surface area contributed by atoms with Gasteiger partial charge in [0.15, 0.2) is 5.13 Å². The Bertz CT molecular complexity index is 1040. The van der Waals surface area contributed by atoms with Crippen molar-refractivity contribution in [2.45, 2.75) is 31.3 Å². The molecular weight excluding hydrogens is 393 g/mol. The van der Waals surface area contributed by atoms with Crippen LogP contribution in [0, 0.1) is 5.82 Å². The molecule has 1 saturated carbocycles. The quantitative estimate of drug-likeness (QED) is 0.631. The Morgan fingerprint density at radius 1 is 1.14 bits per heavy atom. The van der Waals surface area contributed by atoms with Crippen LogP contribution >= 0.6 is 11.3 Å². The molecule has 1 heterocycles. The van der Waals surface area contributed by atoms with E-state index in [2.05, 4.69) is 15.6 Å². The van der Waals surface area contributed by atoms with Crippen molar-refractivity contribution in [1.82, 2.24) is 10.3 Å². The highest BCUT2D eigenvalue weighted by Gasteiger charge is 2.30. The zero-order valence-corrected chi connectivity index (χ0v) is 17.0. The van der Waals surface area contributed by atoms with Gasteiger partial charge in [-0.1, -0.05) is 11.3 Å². The first-order valence-corrected chi connectivity index (χ1v) is 10.2. The van der Waals surface area contributed by atoms with Gasteiger partial charge in [0.1, 0.15) is 17.3 Å². The van der Waals surface area contributed by atoms with Gasteiger partial charge < -0.3 is 20.1 Å². The number of rotatable bonds is 6. The van der Waals surface area contributed by atoms with Crippen LogP contribution in [-0.4, -0.2) is 37.2 Å². The van der Waals surface area contributed by atoms with E-state index in [9.17, 15) is 9.18 Å². The average Bonchev–Trinajstić information content (AvgIpc) is 3.33. The van der Waals surface area contributed by atoms with Crippen molar-refractivity contribution in [1.29, 1.82) is 0 Å². The molecule has 29 heavy (non-hydrogen) atoms. The Balaban J connectivity index is 1.49. The van der Waals surface area contributed by atoms with E-state index in [1.165, 1.54) is 30.6 Å². The molecule has 0 radical (unpaired) electrons. The fraction of sp³-hybridized carbons (Fsp3) is 0.333. The molecule has 1 fully saturated rings. The third-order valence-corrected chi connectivity index (χ3v) is 6.09. The predicted molar refractivity (Wildman–Crippen MR) is 112 cm³/mol. The van der Waals surface area contributed by atoms with Crippen LogP contribution in [0.3, 0.4) is 0 Å². The number of thiazole rings is 1. The van der Waals surface area contributed by atoms with Gasteiger partial charge in [0.25, 0.3) is 5.91 Å². The number of nitrogens with zero attached hydrogens (tertiary/aromatic N) is 1. The highest BCUT2D eigenvalue weighted by Crippen LogP contribution is 2.31. The van der Waals surface area contributed by atoms with E-state index in [-0.39, 0.29) is 23.8 Å². The van der Waals surface area contributed by atoms with Crippen LogP contribution in [0.4, 0.5) is 9.52 Å². The number of fused-ring (bicyclic) bond motifs is 1. The number of nitrogens with one attached hydrogen (secondary N) is 2. The van der Waals surface area contributed by atoms with Crippen molar-refractivity contribution in [3.63, 3.8) is 0 Å². The van der Waals surface area contributed by atoms with Crippen molar-refractivity contribution >= 4 is 32.6 Å². The highest BCUT2D eigenvalue weighted by atomic mass is 32.1. The summed E-state index contributed by atoms with van der Waals surface area (Å²) in [6.45, 7) is 0. The van der Waals surface area contributed by atoms with Gasteiger partial charge >= 0.3 is 0 Å². The van der Waals surface area contributed by atoms with Crippen LogP contribution < -0.4 is 20.1 Å². The molecule has 1 aliphatic carbocycles. The molecule has 3 aromatic rings. The lowest BCUT2D eigenvalue weighted by Gasteiger charge is -2.22. The first-order valence-electron chi connectivity index (χ1n) is 9.43. The summed E-state index contributed by atoms with van der Waals surface area (Å²) in [6, 6.07) is 9.74. The van der Waals surface area contributed by atoms with Crippen molar-refractivity contribution in [3.05, 3.63) is 47.8 Å². The van der Waals surface area contributed by atoms with Gasteiger partial charge in [0.05, 0.1) is 30.0 Å². The average molecular weight is 415 g/mol. The van der Waals surface area contributed by atoms with E-state index in [0.717, 1.165) is 34.6 Å². The van der Waals surface area contributed by atoms with Gasteiger partial charge in [0, 0.05) is 12.1 Å². The maximum absolute atomic E-state index is 13.4. The summed E-state index contributed by atoms with van der Waals surface area (Å²) in [7, 11) is 3.10. The Labute approximate surface area is 172 Å². The highest BCUT2D eigenvalue weighted by molar-refractivity contribution is 7.22. The summed E-state index contributed by atoms with van der Waals surface area (Å²) in [5.74, 6) is 0.620. The first-order chi connectivity index (χ1) is 14.1. The number of ether oxygens (including phenoxy) is 2. The number of amides is 1. The third kappa shape index (κ3) is 4.12. The second-order valence-electron chi connectivity index (χ2n) is 6.96. The number of carbonyl (C=O) groups excluding carboxylic acids is 1. The molecule has 152 valence electrons. The molecule has 0 unspecified atom stereocenters. The van der Waals surface area contributed by atoms with Crippen LogP contribution in [0.25, 0.3) is 10.2 Å². The number of benzene rings is 2. The lowest BCUT2D eigenvalue weighted by atomic mass is 10.1. The minimum atomic E-state index is -0.272. The third-order valence-electron chi connectivity index (χ3n) is 5.14. The number of hydrogen-bond acceptors (Lipinski definition) is 6. The number of anilines is 1. The molecular formula is C21H22FN3O3S. The first kappa shape index (κ1) is 19.4. The minimum absolute atomic E-state index is 0.0397. The van der Waals surface area contributed by atoms with Gasteiger partial charge in [-0.3, -0.25) is 4.79 Å². The van der Waals surface area contributed by atoms with Gasteiger partial charge in [-0.15, -0.1) is 0 Å². The summed E-state index contributed by atoms with van der Waals surface area (Å²) >= 11 is 1.42. The smallest absolute Gasteiger partial charge is 0.255 e. The number of methoxy groups -OCH3 is 2. The van der Waals surface area contributed by atoms with E-state index in [1.54, 1.807) is 31.4 Å². The standard InChI is InChI=1S/C21H22FN3O3S/c1-27-13-7-9-18(28-2)14(11-13)20(26)23-15-4-3-5-16(15)24-21-25-17-8-6-12(22)10-19(17)29-21/h6-11,15-16H,3-5H2,1-2H3,(H,23,26)(H,24,25)/t15-,16-/m1/s1. The molecule has 0 spiro atoms. The number of hydrogen-bond donors (Lipinski definition) is 2. The molecule has 1 amide bonds. The van der Waals surface area contributed by atoms with Crippen molar-refractivity contribution in [2.75, 3.05) is 19.5 Å². The molecule has 6 nitrogen and oxygen atoms in total. The van der Waals surface area contributed by atoms with Crippen molar-refractivity contribution in [2.24, 2.45) is 0 Å². The largest absolute Gasteiger partial charge is 0.497 e. The summed E-state index contributed by atoms with van der Waals surface area (Å²) in [6.07, 6.45) is 2.79. The van der Waals surface area contributed by atoms with Gasteiger partial charge in [0.2, 0.25) is 0 Å². The molecule has 0 bridgehead atoms. The Morgan fingerprint density at radius 3 is 2.76 bits per heavy atom. The van der Waals surface area contributed by atoms with Gasteiger partial charge in [-0.25, -0.2) is 9.37 Å². The molecule has 1 aliphatic rings. The second-order valence-corrected chi connectivity index (χ2v) is 7.99. The monoisotopic (exact) mass is 415 g/mol. The van der Waals surface area contributed by atoms with Crippen LogP contribution in [0.5, 0.6) is 11.5 Å². The maximum Gasteiger partial charge on any atom is 0.255 e. The Kier molecular flexibility index (Phi) is 5.53. The van der Waals surface area contributed by atoms with Crippen LogP contribution in [0.2, 0.25) is 0 Å². The zero-order chi connectivity index (χ0) is 20.4. The minimum Gasteiger partial charge on any atom is -0.497 e. The van der Waals surface area contributed by atoms with Crippen molar-refractivity contribution < 1.29 is 18.7 Å². The van der Waals surface area contributed by atoms with E-state index in [4.69, 9.17) is 9.47 Å². The van der Waals surface area contributed by atoms with Gasteiger partial charge in [-0.05, 0) is 55.7 Å². The SMILES string of the molecule is COc1ccc(OC)c(C(=O)N[C@@H]2CCC[C@H]2Nc2nc3ccc(F)cc3s2)c1. The van der Waals surface area contributed by atoms with Crippen LogP contribution in [-0.2, 0) is 0 Å². The molecule has 0 saturated heterocycles. The molecule has 2 aromatic carbocycles. The molecule has 4 rings (SSSR count). The molecule has 2 N–H and O–H groups in total. The maximum atomic E-state index is 13.4. The van der Waals surface area contributed by atoms with E-state index >= 15 is 0 Å². The molecule has 2 atom stereocenters. The fourth-order valence-electron chi connectivity index (χ4n) is 3.66. The van der Waals surface area contributed by atoms with Crippen LogP contribution in [0.1, 0.15) is 29.6 Å². The molecule has 1 aromatic heterocycles.